The first-order valence-corrected chi connectivity index (χ1v) is 6.54. The van der Waals surface area contributed by atoms with Crippen molar-refractivity contribution >= 4 is 11.8 Å². The normalized spacial score (nSPS) is 10.6. The van der Waals surface area contributed by atoms with Crippen LogP contribution < -0.4 is 5.73 Å². The summed E-state index contributed by atoms with van der Waals surface area (Å²) in [6.07, 6.45) is 0. The van der Waals surface area contributed by atoms with Gasteiger partial charge in [0.25, 0.3) is 0 Å². The molecule has 0 amide bonds. The molecular weight excluding hydrogens is 252 g/mol. The number of nitrogens with two attached hydrogens (primary N) is 1. The van der Waals surface area contributed by atoms with E-state index in [-0.39, 0.29) is 18.2 Å². The van der Waals surface area contributed by atoms with Gasteiger partial charge in [-0.25, -0.2) is 8.78 Å². The summed E-state index contributed by atoms with van der Waals surface area (Å²) in [5.74, 6) is -0.0802. The van der Waals surface area contributed by atoms with Crippen LogP contribution in [0, 0.1) is 11.6 Å². The Morgan fingerprint density at radius 3 is 2.44 bits per heavy atom. The van der Waals surface area contributed by atoms with Gasteiger partial charge in [0, 0.05) is 22.8 Å². The zero-order chi connectivity index (χ0) is 13.0. The molecule has 0 bridgehead atoms. The van der Waals surface area contributed by atoms with Gasteiger partial charge in [0.1, 0.15) is 11.6 Å². The predicted octanol–water partition coefficient (Wildman–Crippen LogP) is 3.72. The van der Waals surface area contributed by atoms with E-state index in [9.17, 15) is 8.78 Å². The van der Waals surface area contributed by atoms with Crippen molar-refractivity contribution in [3.63, 3.8) is 0 Å². The van der Waals surface area contributed by atoms with E-state index >= 15 is 0 Å². The molecule has 0 saturated heterocycles. The molecule has 2 rings (SSSR count). The van der Waals surface area contributed by atoms with Crippen LogP contribution in [0.15, 0.2) is 47.4 Å². The van der Waals surface area contributed by atoms with Crippen LogP contribution >= 0.6 is 11.8 Å². The summed E-state index contributed by atoms with van der Waals surface area (Å²) in [5.41, 5.74) is 6.55. The highest BCUT2D eigenvalue weighted by atomic mass is 32.2. The number of thioether (sulfide) groups is 1. The maximum absolute atomic E-state index is 13.9. The summed E-state index contributed by atoms with van der Waals surface area (Å²) in [4.78, 5) is 0.785. The zero-order valence-corrected chi connectivity index (χ0v) is 10.5. The fourth-order valence-electron chi connectivity index (χ4n) is 1.62. The minimum absolute atomic E-state index is 0.185. The molecular formula is C14H13F2NS. The molecule has 0 heterocycles. The Bertz CT molecular complexity index is 543. The molecule has 0 aromatic heterocycles. The molecule has 4 heteroatoms. The van der Waals surface area contributed by atoms with E-state index in [1.807, 2.05) is 0 Å². The van der Waals surface area contributed by atoms with E-state index in [1.165, 1.54) is 23.9 Å². The Morgan fingerprint density at radius 2 is 1.72 bits per heavy atom. The topological polar surface area (TPSA) is 26.0 Å². The second kappa shape index (κ2) is 5.98. The molecule has 0 aliphatic rings. The van der Waals surface area contributed by atoms with Crippen LogP contribution in [0.5, 0.6) is 0 Å². The van der Waals surface area contributed by atoms with Crippen LogP contribution in [0.4, 0.5) is 8.78 Å². The second-order valence-electron chi connectivity index (χ2n) is 3.84. The van der Waals surface area contributed by atoms with Gasteiger partial charge in [0.15, 0.2) is 0 Å². The summed E-state index contributed by atoms with van der Waals surface area (Å²) in [5, 5.41) is 0. The number of halogens is 2. The number of benzene rings is 2. The first-order valence-electron chi connectivity index (χ1n) is 5.55. The molecule has 2 aromatic carbocycles. The molecule has 94 valence electrons. The Morgan fingerprint density at radius 1 is 1.00 bits per heavy atom. The van der Waals surface area contributed by atoms with E-state index in [1.54, 1.807) is 30.3 Å². The lowest BCUT2D eigenvalue weighted by molar-refractivity contribution is 0.600. The molecule has 0 spiro atoms. The summed E-state index contributed by atoms with van der Waals surface area (Å²) < 4.78 is 26.9. The molecule has 0 aliphatic carbocycles. The van der Waals surface area contributed by atoms with Crippen molar-refractivity contribution in [1.82, 2.24) is 0 Å². The zero-order valence-electron chi connectivity index (χ0n) is 9.70. The van der Waals surface area contributed by atoms with Crippen molar-refractivity contribution in [1.29, 1.82) is 0 Å². The molecule has 1 nitrogen and oxygen atoms in total. The van der Waals surface area contributed by atoms with Gasteiger partial charge in [-0.2, -0.15) is 0 Å². The first-order chi connectivity index (χ1) is 8.70. The minimum atomic E-state index is -0.281. The van der Waals surface area contributed by atoms with Crippen molar-refractivity contribution in [2.24, 2.45) is 5.73 Å². The minimum Gasteiger partial charge on any atom is -0.326 e. The molecule has 0 fully saturated rings. The SMILES string of the molecule is NCc1cccc(CSc2cccc(F)c2)c1F. The van der Waals surface area contributed by atoms with Gasteiger partial charge in [-0.1, -0.05) is 24.3 Å². The highest BCUT2D eigenvalue weighted by Crippen LogP contribution is 2.25. The molecule has 0 unspecified atom stereocenters. The van der Waals surface area contributed by atoms with Gasteiger partial charge in [-0.3, -0.25) is 0 Å². The number of rotatable bonds is 4. The van der Waals surface area contributed by atoms with Crippen molar-refractivity contribution in [3.8, 4) is 0 Å². The van der Waals surface area contributed by atoms with Crippen molar-refractivity contribution in [2.75, 3.05) is 0 Å². The van der Waals surface area contributed by atoms with Gasteiger partial charge >= 0.3 is 0 Å². The lowest BCUT2D eigenvalue weighted by atomic mass is 10.1. The summed E-state index contributed by atoms with van der Waals surface area (Å²) in [6.45, 7) is 0.185. The number of hydrogen-bond acceptors (Lipinski definition) is 2. The standard InChI is InChI=1S/C14H13F2NS/c15-12-5-2-6-13(7-12)18-9-11-4-1-3-10(8-17)14(11)16/h1-7H,8-9,17H2. The third kappa shape index (κ3) is 3.09. The predicted molar refractivity (Wildman–Crippen MR) is 70.3 cm³/mol. The Balaban J connectivity index is 2.11. The maximum Gasteiger partial charge on any atom is 0.131 e. The third-order valence-electron chi connectivity index (χ3n) is 2.57. The van der Waals surface area contributed by atoms with E-state index in [0.29, 0.717) is 16.9 Å². The Labute approximate surface area is 109 Å². The lowest BCUT2D eigenvalue weighted by Gasteiger charge is -2.06. The van der Waals surface area contributed by atoms with Gasteiger partial charge < -0.3 is 5.73 Å². The second-order valence-corrected chi connectivity index (χ2v) is 4.89. The molecule has 0 radical (unpaired) electrons. The van der Waals surface area contributed by atoms with Crippen LogP contribution in [0.1, 0.15) is 11.1 Å². The Hall–Kier alpha value is -1.39. The van der Waals surface area contributed by atoms with Crippen molar-refractivity contribution in [3.05, 3.63) is 65.2 Å². The molecule has 2 aromatic rings. The van der Waals surface area contributed by atoms with E-state index in [0.717, 1.165) is 4.90 Å². The third-order valence-corrected chi connectivity index (χ3v) is 3.61. The van der Waals surface area contributed by atoms with Crippen LogP contribution in [-0.4, -0.2) is 0 Å². The van der Waals surface area contributed by atoms with E-state index < -0.39 is 0 Å². The van der Waals surface area contributed by atoms with Crippen LogP contribution in [0.25, 0.3) is 0 Å². The number of hydrogen-bond donors (Lipinski definition) is 1. The average molecular weight is 265 g/mol. The maximum atomic E-state index is 13.9. The molecule has 2 N–H and O–H groups in total. The van der Waals surface area contributed by atoms with Crippen LogP contribution in [-0.2, 0) is 12.3 Å². The van der Waals surface area contributed by atoms with Crippen LogP contribution in [0.3, 0.4) is 0 Å². The molecule has 0 aliphatic heterocycles. The molecule has 0 saturated carbocycles. The molecule has 18 heavy (non-hydrogen) atoms. The van der Waals surface area contributed by atoms with Gasteiger partial charge in [0.2, 0.25) is 0 Å². The highest BCUT2D eigenvalue weighted by molar-refractivity contribution is 7.98. The van der Waals surface area contributed by atoms with E-state index in [4.69, 9.17) is 5.73 Å². The summed E-state index contributed by atoms with van der Waals surface area (Å²) in [7, 11) is 0. The van der Waals surface area contributed by atoms with Crippen molar-refractivity contribution < 1.29 is 8.78 Å². The average Bonchev–Trinajstić information content (AvgIpc) is 2.38. The van der Waals surface area contributed by atoms with Gasteiger partial charge in [-0.05, 0) is 23.8 Å². The van der Waals surface area contributed by atoms with Gasteiger partial charge in [0.05, 0.1) is 0 Å². The Kier molecular flexibility index (Phi) is 4.33. The molecule has 0 atom stereocenters. The lowest BCUT2D eigenvalue weighted by Crippen LogP contribution is -2.02. The highest BCUT2D eigenvalue weighted by Gasteiger charge is 2.07. The largest absolute Gasteiger partial charge is 0.326 e. The smallest absolute Gasteiger partial charge is 0.131 e. The van der Waals surface area contributed by atoms with Gasteiger partial charge in [-0.15, -0.1) is 11.8 Å². The first kappa shape index (κ1) is 13.1. The fraction of sp³-hybridized carbons (Fsp3) is 0.143. The fourth-order valence-corrected chi connectivity index (χ4v) is 2.54. The summed E-state index contributed by atoms with van der Waals surface area (Å²) >= 11 is 1.40. The van der Waals surface area contributed by atoms with E-state index in [2.05, 4.69) is 0 Å². The van der Waals surface area contributed by atoms with Crippen molar-refractivity contribution in [2.45, 2.75) is 17.2 Å². The monoisotopic (exact) mass is 265 g/mol. The summed E-state index contributed by atoms with van der Waals surface area (Å²) in [6, 6.07) is 11.5. The quantitative estimate of drug-likeness (QED) is 0.853. The van der Waals surface area contributed by atoms with Crippen LogP contribution in [0.2, 0.25) is 0 Å².